The molecule has 4 fully saturated rings. The van der Waals surface area contributed by atoms with Gasteiger partial charge >= 0.3 is 11.7 Å². The van der Waals surface area contributed by atoms with E-state index in [1.165, 1.54) is 9.80 Å². The molecule has 5 aliphatic rings. The summed E-state index contributed by atoms with van der Waals surface area (Å²) in [5, 5.41) is 25.0. The molecule has 0 spiro atoms. The summed E-state index contributed by atoms with van der Waals surface area (Å²) in [6, 6.07) is 19.5. The molecule has 20 nitrogen and oxygen atoms in total. The molecule has 394 valence electrons. The molecular formula is C53H71FN16O4. The van der Waals surface area contributed by atoms with Crippen LogP contribution in [0.5, 0.6) is 0 Å². The minimum atomic E-state index is -1.10. The van der Waals surface area contributed by atoms with Crippen molar-refractivity contribution in [2.75, 3.05) is 77.9 Å². The summed E-state index contributed by atoms with van der Waals surface area (Å²) in [5.41, 5.74) is 9.36. The standard InChI is InChI=1S/C23H25N7O.C18H24N6O2.C11H18FN3O.CH4/c1-3-5-12-29-20-21(28-13-10-25-11-14-28)26-19(4-2)27-22(20)30(23(29)31)16-18-9-7-6-8-17(18)15-24;1-21-15-14(16(25)22(2)18(21)26)24(12-13-6-4-3-5-7-13)17(20-15)23-10-8-19-9-11-23;1-3-7(2)10(14)11(16)15-6-8(12)4-9(15)5-13;/h6-9,25H,4,10-14,16H2,1-2H3;3-7,14-15,19H,8-12H2,1-2H3;7-10H,3-4,6,14H2,1-2H3;1H4/t;;7-,8-,9-,10-;/m..0./s1. The second-order valence-electron chi connectivity index (χ2n) is 18.7. The number of anilines is 1. The summed E-state index contributed by atoms with van der Waals surface area (Å²) in [5.74, 6) is 7.74. The number of hydrogen-bond donors (Lipinski definition) is 3. The number of amides is 4. The quantitative estimate of drug-likeness (QED) is 0.194. The van der Waals surface area contributed by atoms with E-state index in [9.17, 15) is 28.8 Å². The summed E-state index contributed by atoms with van der Waals surface area (Å²) in [7, 11) is 3.26. The molecule has 4 aromatic rings. The van der Waals surface area contributed by atoms with Gasteiger partial charge in [0.05, 0.1) is 43.4 Å². The average Bonchev–Trinajstić information content (AvgIpc) is 4.09. The number of fused-ring (bicyclic) bond motifs is 2. The largest absolute Gasteiger partial charge is 0.352 e. The number of halogens is 1. The van der Waals surface area contributed by atoms with Gasteiger partial charge in [-0.3, -0.25) is 23.6 Å². The van der Waals surface area contributed by atoms with Crippen LogP contribution in [0.25, 0.3) is 11.2 Å². The molecule has 4 amide bonds. The maximum absolute atomic E-state index is 13.5. The molecular weight excluding hydrogens is 944 g/mol. The third-order valence-corrected chi connectivity index (χ3v) is 14.0. The Morgan fingerprint density at radius 3 is 2.18 bits per heavy atom. The number of carbonyl (C=O) groups is 3. The molecule has 0 aliphatic carbocycles. The molecule has 9 rings (SSSR count). The molecule has 4 N–H and O–H groups in total. The number of aryl methyl sites for hydroxylation is 1. The highest BCUT2D eigenvalue weighted by molar-refractivity contribution is 6.03. The highest BCUT2D eigenvalue weighted by atomic mass is 19.1. The normalized spacial score (nSPS) is 21.1. The fraction of sp³-hybridized carbons (Fsp3) is 0.528. The SMILES string of the molecule is C.CC#CCn1c(=O)n(Cc2ccccc2C#N)c2nc(CC)nc(N3CCNCC3)c21.CC[C@H](C)[C@H](N)C(=O)N1C[C@@H](F)C[C@H]1C#N.CN1C(=O)C2C(N=C(N3CCNCC3)N2Cc2ccccc2)N(C)C1=O. The minimum absolute atomic E-state index is 0. The number of guanidine groups is 1. The van der Waals surface area contributed by atoms with Crippen molar-refractivity contribution >= 4 is 40.8 Å². The van der Waals surface area contributed by atoms with E-state index in [1.807, 2.05) is 63.2 Å². The van der Waals surface area contributed by atoms with Crippen LogP contribution in [0.15, 0.2) is 64.4 Å². The second kappa shape index (κ2) is 25.5. The highest BCUT2D eigenvalue weighted by Gasteiger charge is 2.52. The van der Waals surface area contributed by atoms with Crippen LogP contribution >= 0.6 is 0 Å². The van der Waals surface area contributed by atoms with Gasteiger partial charge in [0.1, 0.15) is 23.6 Å². The van der Waals surface area contributed by atoms with Crippen molar-refractivity contribution in [2.45, 2.75) is 104 Å². The summed E-state index contributed by atoms with van der Waals surface area (Å²) < 4.78 is 16.4. The molecule has 0 saturated carbocycles. The minimum Gasteiger partial charge on any atom is -0.352 e. The number of urea groups is 1. The lowest BCUT2D eigenvalue weighted by atomic mass is 9.99. The Hall–Kier alpha value is -7.38. The Kier molecular flexibility index (Phi) is 19.3. The first-order valence-corrected chi connectivity index (χ1v) is 25.1. The number of aliphatic imine (C=N–C) groups is 1. The predicted molar refractivity (Wildman–Crippen MR) is 282 cm³/mol. The number of rotatable bonds is 10. The number of likely N-dealkylation sites (tertiary alicyclic amines) is 1. The molecule has 2 aromatic heterocycles. The van der Waals surface area contributed by atoms with Gasteiger partial charge in [-0.05, 0) is 30.0 Å². The van der Waals surface area contributed by atoms with E-state index in [0.29, 0.717) is 35.5 Å². The van der Waals surface area contributed by atoms with Crippen molar-refractivity contribution in [2.24, 2.45) is 16.6 Å². The van der Waals surface area contributed by atoms with Crippen LogP contribution in [0.1, 0.15) is 70.5 Å². The molecule has 0 bridgehead atoms. The fourth-order valence-corrected chi connectivity index (χ4v) is 9.54. The van der Waals surface area contributed by atoms with Crippen LogP contribution in [0.3, 0.4) is 0 Å². The smallest absolute Gasteiger partial charge is 0.331 e. The van der Waals surface area contributed by atoms with E-state index < -0.39 is 30.5 Å². The number of nitrogens with zero attached hydrogens (tertiary/aromatic N) is 13. The molecule has 4 saturated heterocycles. The van der Waals surface area contributed by atoms with Gasteiger partial charge < -0.3 is 40.9 Å². The molecule has 2 aromatic carbocycles. The number of piperazine rings is 2. The van der Waals surface area contributed by atoms with Crippen molar-refractivity contribution in [1.82, 2.24) is 54.2 Å². The predicted octanol–water partition coefficient (Wildman–Crippen LogP) is 2.95. The number of carbonyl (C=O) groups excluding carboxylic acids is 3. The Morgan fingerprint density at radius 1 is 0.905 bits per heavy atom. The van der Waals surface area contributed by atoms with Crippen molar-refractivity contribution in [3.8, 4) is 24.0 Å². The van der Waals surface area contributed by atoms with E-state index in [1.54, 1.807) is 41.1 Å². The first kappa shape index (κ1) is 55.9. The molecule has 74 heavy (non-hydrogen) atoms. The number of nitriles is 2. The lowest BCUT2D eigenvalue weighted by molar-refractivity contribution is -0.136. The zero-order chi connectivity index (χ0) is 52.3. The van der Waals surface area contributed by atoms with Gasteiger partial charge in [-0.15, -0.1) is 5.92 Å². The topological polar surface area (TPSA) is 233 Å². The first-order chi connectivity index (χ1) is 35.3. The second-order valence-corrected chi connectivity index (χ2v) is 18.7. The monoisotopic (exact) mass is 1010 g/mol. The fourth-order valence-electron chi connectivity index (χ4n) is 9.54. The number of nitrogens with one attached hydrogen (secondary N) is 2. The van der Waals surface area contributed by atoms with Crippen LogP contribution in [-0.4, -0.2) is 171 Å². The van der Waals surface area contributed by atoms with Crippen molar-refractivity contribution < 1.29 is 18.8 Å². The number of aromatic nitrogens is 4. The van der Waals surface area contributed by atoms with Crippen LogP contribution in [0, 0.1) is 40.4 Å². The first-order valence-electron chi connectivity index (χ1n) is 25.1. The van der Waals surface area contributed by atoms with E-state index in [0.717, 1.165) is 81.7 Å². The Morgan fingerprint density at radius 2 is 1.55 bits per heavy atom. The number of imidazole rings is 1. The van der Waals surface area contributed by atoms with Gasteiger partial charge in [0, 0.05) is 85.8 Å². The van der Waals surface area contributed by atoms with E-state index in [4.69, 9.17) is 26.0 Å². The Balaban J connectivity index is 0.000000189. The summed E-state index contributed by atoms with van der Waals surface area (Å²) in [6.07, 6.45) is -0.0118. The molecule has 0 radical (unpaired) electrons. The average molecular weight is 1020 g/mol. The zero-order valence-electron chi connectivity index (χ0n) is 42.7. The third-order valence-electron chi connectivity index (χ3n) is 14.0. The number of likely N-dealkylation sites (N-methyl/N-ethyl adjacent to an activating group) is 2. The Bertz CT molecular complexity index is 2850. The molecule has 2 unspecified atom stereocenters. The van der Waals surface area contributed by atoms with Crippen LogP contribution < -0.4 is 27.0 Å². The van der Waals surface area contributed by atoms with E-state index >= 15 is 0 Å². The number of alkyl halides is 1. The van der Waals surface area contributed by atoms with Crippen molar-refractivity contribution in [3.63, 3.8) is 0 Å². The Labute approximate surface area is 433 Å². The number of imide groups is 1. The van der Waals surface area contributed by atoms with Crippen LogP contribution in [0.2, 0.25) is 0 Å². The lowest BCUT2D eigenvalue weighted by Gasteiger charge is -2.41. The maximum atomic E-state index is 13.5. The van der Waals surface area contributed by atoms with E-state index in [-0.39, 0.29) is 62.9 Å². The lowest BCUT2D eigenvalue weighted by Crippen LogP contribution is -2.64. The van der Waals surface area contributed by atoms with Crippen LogP contribution in [-0.2, 0) is 35.6 Å². The van der Waals surface area contributed by atoms with Gasteiger partial charge in [0.15, 0.2) is 29.6 Å². The van der Waals surface area contributed by atoms with Crippen molar-refractivity contribution in [3.05, 3.63) is 87.6 Å². The van der Waals surface area contributed by atoms with Crippen LogP contribution in [0.4, 0.5) is 15.0 Å². The van der Waals surface area contributed by atoms with Gasteiger partial charge in [-0.2, -0.15) is 10.5 Å². The number of nitrogens with two attached hydrogens (primary N) is 1. The summed E-state index contributed by atoms with van der Waals surface area (Å²) in [6.45, 7) is 15.5. The number of benzene rings is 2. The summed E-state index contributed by atoms with van der Waals surface area (Å²) >= 11 is 0. The molecule has 21 heteroatoms. The highest BCUT2D eigenvalue weighted by Crippen LogP contribution is 2.30. The molecule has 5 aliphatic heterocycles. The molecule has 7 heterocycles. The zero-order valence-corrected chi connectivity index (χ0v) is 42.7. The summed E-state index contributed by atoms with van der Waals surface area (Å²) in [4.78, 5) is 75.7. The van der Waals surface area contributed by atoms with Gasteiger partial charge in [-0.1, -0.05) is 89.1 Å². The van der Waals surface area contributed by atoms with Crippen molar-refractivity contribution in [1.29, 1.82) is 10.5 Å². The molecule has 6 atom stereocenters. The van der Waals surface area contributed by atoms with Gasteiger partial charge in [0.25, 0.3) is 5.91 Å². The van der Waals surface area contributed by atoms with E-state index in [2.05, 4.69) is 55.4 Å². The number of hydrogen-bond acceptors (Lipinski definition) is 15. The van der Waals surface area contributed by atoms with Gasteiger partial charge in [-0.25, -0.2) is 28.9 Å². The maximum Gasteiger partial charge on any atom is 0.331 e. The van der Waals surface area contributed by atoms with Gasteiger partial charge in [0.2, 0.25) is 5.91 Å². The third kappa shape index (κ3) is 12.0.